The molecule has 0 aromatic heterocycles. The first-order valence-corrected chi connectivity index (χ1v) is 8.62. The van der Waals surface area contributed by atoms with E-state index in [9.17, 15) is 8.42 Å². The minimum absolute atomic E-state index is 0.313. The van der Waals surface area contributed by atoms with Gasteiger partial charge in [0.15, 0.2) is 0 Å². The molecule has 1 aromatic carbocycles. The Kier molecular flexibility index (Phi) is 4.83. The van der Waals surface area contributed by atoms with Gasteiger partial charge in [-0.15, -0.1) is 0 Å². The molecule has 0 radical (unpaired) electrons. The predicted octanol–water partition coefficient (Wildman–Crippen LogP) is 2.04. The summed E-state index contributed by atoms with van der Waals surface area (Å²) in [7, 11) is 0.718. The van der Waals surface area contributed by atoms with Crippen LogP contribution in [-0.2, 0) is 10.0 Å². The van der Waals surface area contributed by atoms with Gasteiger partial charge in [-0.1, -0.05) is 31.5 Å². The van der Waals surface area contributed by atoms with E-state index in [1.54, 1.807) is 28.6 Å². The van der Waals surface area contributed by atoms with E-state index < -0.39 is 10.0 Å². The molecule has 1 aliphatic rings. The molecule has 0 bridgehead atoms. The molecule has 0 spiro atoms. The van der Waals surface area contributed by atoms with Gasteiger partial charge in [0.05, 0.1) is 4.90 Å². The average Bonchev–Trinajstić information content (AvgIpc) is 2.85. The fourth-order valence-corrected chi connectivity index (χ4v) is 4.53. The van der Waals surface area contributed by atoms with Crippen molar-refractivity contribution in [1.29, 1.82) is 0 Å². The fourth-order valence-electron chi connectivity index (χ4n) is 2.99. The minimum Gasteiger partial charge on any atom is -0.305 e. The summed E-state index contributed by atoms with van der Waals surface area (Å²) in [6.45, 7) is 3.38. The maximum atomic E-state index is 12.7. The number of nitrogens with zero attached hydrogens (tertiary/aromatic N) is 2. The van der Waals surface area contributed by atoms with Crippen LogP contribution in [-0.4, -0.2) is 50.8 Å². The number of rotatable bonds is 5. The Morgan fingerprint density at radius 2 is 1.85 bits per heavy atom. The molecule has 1 heterocycles. The highest BCUT2D eigenvalue weighted by molar-refractivity contribution is 7.89. The Bertz CT molecular complexity index is 528. The molecule has 4 nitrogen and oxygen atoms in total. The van der Waals surface area contributed by atoms with Crippen molar-refractivity contribution >= 4 is 10.0 Å². The molecular formula is C15H24N2O2S. The van der Waals surface area contributed by atoms with E-state index in [0.29, 0.717) is 29.9 Å². The Labute approximate surface area is 122 Å². The second kappa shape index (κ2) is 6.24. The third-order valence-corrected chi connectivity index (χ3v) is 5.92. The van der Waals surface area contributed by atoms with Gasteiger partial charge in [0.25, 0.3) is 0 Å². The molecule has 112 valence electrons. The molecule has 0 aliphatic carbocycles. The van der Waals surface area contributed by atoms with Crippen molar-refractivity contribution in [2.24, 2.45) is 5.92 Å². The zero-order valence-corrected chi connectivity index (χ0v) is 13.3. The number of sulfonamides is 1. The first-order chi connectivity index (χ1) is 9.46. The van der Waals surface area contributed by atoms with Crippen molar-refractivity contribution in [3.63, 3.8) is 0 Å². The zero-order valence-electron chi connectivity index (χ0n) is 12.5. The Morgan fingerprint density at radius 3 is 2.40 bits per heavy atom. The summed E-state index contributed by atoms with van der Waals surface area (Å²) in [4.78, 5) is 2.55. The fraction of sp³-hybridized carbons (Fsp3) is 0.600. The Morgan fingerprint density at radius 1 is 1.20 bits per heavy atom. The molecular weight excluding hydrogens is 272 g/mol. The molecule has 2 unspecified atom stereocenters. The molecule has 0 N–H and O–H groups in total. The highest BCUT2D eigenvalue weighted by atomic mass is 32.2. The normalized spacial score (nSPS) is 24.4. The summed E-state index contributed by atoms with van der Waals surface area (Å²) in [6, 6.07) is 9.05. The highest BCUT2D eigenvalue weighted by Gasteiger charge is 2.39. The number of benzene rings is 1. The van der Waals surface area contributed by atoms with E-state index in [4.69, 9.17) is 0 Å². The van der Waals surface area contributed by atoms with Crippen LogP contribution >= 0.6 is 0 Å². The molecule has 1 aromatic rings. The van der Waals surface area contributed by atoms with Crippen molar-refractivity contribution in [2.45, 2.75) is 30.7 Å². The summed E-state index contributed by atoms with van der Waals surface area (Å²) < 4.78 is 27.0. The number of likely N-dealkylation sites (N-methyl/N-ethyl adjacent to an activating group) is 1. The summed E-state index contributed by atoms with van der Waals surface area (Å²) in [5.41, 5.74) is 0. The van der Waals surface area contributed by atoms with E-state index in [2.05, 4.69) is 11.8 Å². The predicted molar refractivity (Wildman–Crippen MR) is 81.1 cm³/mol. The van der Waals surface area contributed by atoms with Crippen LogP contribution < -0.4 is 0 Å². The molecule has 1 saturated heterocycles. The first kappa shape index (κ1) is 15.5. The van der Waals surface area contributed by atoms with Crippen LogP contribution in [0.15, 0.2) is 35.2 Å². The average molecular weight is 296 g/mol. The lowest BCUT2D eigenvalue weighted by Gasteiger charge is -2.24. The van der Waals surface area contributed by atoms with Crippen LogP contribution in [0.2, 0.25) is 0 Å². The van der Waals surface area contributed by atoms with Gasteiger partial charge < -0.3 is 4.90 Å². The van der Waals surface area contributed by atoms with Gasteiger partial charge in [-0.3, -0.25) is 0 Å². The van der Waals surface area contributed by atoms with Crippen LogP contribution in [0.5, 0.6) is 0 Å². The van der Waals surface area contributed by atoms with Crippen LogP contribution in [0.4, 0.5) is 0 Å². The van der Waals surface area contributed by atoms with Gasteiger partial charge in [-0.2, -0.15) is 4.31 Å². The molecule has 1 fully saturated rings. The van der Waals surface area contributed by atoms with Gasteiger partial charge in [-0.25, -0.2) is 8.42 Å². The van der Waals surface area contributed by atoms with E-state index in [-0.39, 0.29) is 0 Å². The van der Waals surface area contributed by atoms with Gasteiger partial charge in [0, 0.05) is 19.1 Å². The van der Waals surface area contributed by atoms with E-state index in [1.165, 1.54) is 0 Å². The smallest absolute Gasteiger partial charge is 0.243 e. The van der Waals surface area contributed by atoms with Crippen molar-refractivity contribution in [1.82, 2.24) is 9.21 Å². The van der Waals surface area contributed by atoms with Crippen molar-refractivity contribution in [2.75, 3.05) is 27.2 Å². The summed E-state index contributed by atoms with van der Waals surface area (Å²) in [6.07, 6.45) is 2.16. The van der Waals surface area contributed by atoms with Crippen LogP contribution in [0.1, 0.15) is 19.8 Å². The molecule has 0 saturated carbocycles. The molecule has 2 rings (SSSR count). The monoisotopic (exact) mass is 296 g/mol. The van der Waals surface area contributed by atoms with E-state index in [1.807, 2.05) is 20.2 Å². The Balaban J connectivity index is 2.22. The second-order valence-electron chi connectivity index (χ2n) is 5.71. The standard InChI is InChI=1S/C15H24N2O2S/c1-4-8-13-11-17(12-15(13)16(2)3)20(18,19)14-9-6-5-7-10-14/h5-7,9-10,13,15H,4,8,11-12H2,1-3H3. The topological polar surface area (TPSA) is 40.6 Å². The van der Waals surface area contributed by atoms with Crippen molar-refractivity contribution < 1.29 is 8.42 Å². The van der Waals surface area contributed by atoms with Gasteiger partial charge >= 0.3 is 0 Å². The van der Waals surface area contributed by atoms with Crippen molar-refractivity contribution in [3.8, 4) is 0 Å². The lowest BCUT2D eigenvalue weighted by atomic mass is 9.98. The third-order valence-electron chi connectivity index (χ3n) is 4.08. The highest BCUT2D eigenvalue weighted by Crippen LogP contribution is 2.29. The number of hydrogen-bond acceptors (Lipinski definition) is 3. The lowest BCUT2D eigenvalue weighted by molar-refractivity contribution is 0.244. The summed E-state index contributed by atoms with van der Waals surface area (Å²) >= 11 is 0. The molecule has 0 amide bonds. The van der Waals surface area contributed by atoms with Gasteiger partial charge in [-0.05, 0) is 38.6 Å². The maximum absolute atomic E-state index is 12.7. The lowest BCUT2D eigenvalue weighted by Crippen LogP contribution is -2.36. The quantitative estimate of drug-likeness (QED) is 0.835. The van der Waals surface area contributed by atoms with Crippen LogP contribution in [0.3, 0.4) is 0 Å². The SMILES string of the molecule is CCCC1CN(S(=O)(=O)c2ccccc2)CC1N(C)C. The largest absolute Gasteiger partial charge is 0.305 e. The molecule has 20 heavy (non-hydrogen) atoms. The molecule has 5 heteroatoms. The minimum atomic E-state index is -3.35. The second-order valence-corrected chi connectivity index (χ2v) is 7.65. The maximum Gasteiger partial charge on any atom is 0.243 e. The van der Waals surface area contributed by atoms with E-state index in [0.717, 1.165) is 12.8 Å². The van der Waals surface area contributed by atoms with Crippen LogP contribution in [0.25, 0.3) is 0 Å². The first-order valence-electron chi connectivity index (χ1n) is 7.18. The molecule has 1 aliphatic heterocycles. The Hall–Kier alpha value is -0.910. The zero-order chi connectivity index (χ0) is 14.8. The number of hydrogen-bond donors (Lipinski definition) is 0. The van der Waals surface area contributed by atoms with Gasteiger partial charge in [0.2, 0.25) is 10.0 Å². The van der Waals surface area contributed by atoms with Crippen molar-refractivity contribution in [3.05, 3.63) is 30.3 Å². The summed E-state index contributed by atoms with van der Waals surface area (Å²) in [5.74, 6) is 0.425. The molecule has 2 atom stereocenters. The van der Waals surface area contributed by atoms with Crippen LogP contribution in [0, 0.1) is 5.92 Å². The van der Waals surface area contributed by atoms with Gasteiger partial charge in [0.1, 0.15) is 0 Å². The van der Waals surface area contributed by atoms with E-state index >= 15 is 0 Å². The third kappa shape index (κ3) is 3.05. The summed E-state index contributed by atoms with van der Waals surface area (Å²) in [5, 5.41) is 0.